The van der Waals surface area contributed by atoms with Crippen molar-refractivity contribution in [3.05, 3.63) is 64.1 Å². The molecule has 6 heteroatoms. The summed E-state index contributed by atoms with van der Waals surface area (Å²) in [6.45, 7) is 2.82. The van der Waals surface area contributed by atoms with Gasteiger partial charge in [-0.25, -0.2) is 0 Å². The van der Waals surface area contributed by atoms with E-state index in [1.165, 1.54) is 12.8 Å². The van der Waals surface area contributed by atoms with Crippen molar-refractivity contribution < 1.29 is 14.3 Å². The van der Waals surface area contributed by atoms with E-state index < -0.39 is 5.91 Å². The Bertz CT molecular complexity index is 735. The molecule has 2 amide bonds. The van der Waals surface area contributed by atoms with Crippen LogP contribution < -0.4 is 15.6 Å². The first-order valence-corrected chi connectivity index (χ1v) is 9.49. The van der Waals surface area contributed by atoms with E-state index in [4.69, 9.17) is 4.74 Å². The van der Waals surface area contributed by atoms with Crippen molar-refractivity contribution in [2.24, 2.45) is 0 Å². The predicted molar refractivity (Wildman–Crippen MR) is 105 cm³/mol. The molecule has 2 N–H and O–H groups in total. The van der Waals surface area contributed by atoms with Crippen LogP contribution in [0.15, 0.2) is 53.0 Å². The molecule has 26 heavy (non-hydrogen) atoms. The van der Waals surface area contributed by atoms with Crippen molar-refractivity contribution in [2.45, 2.75) is 32.6 Å². The first kappa shape index (κ1) is 20.0. The fourth-order valence-corrected chi connectivity index (χ4v) is 2.81. The highest BCUT2D eigenvalue weighted by Gasteiger charge is 2.11. The Balaban J connectivity index is 1.85. The number of ether oxygens (including phenoxy) is 1. The summed E-state index contributed by atoms with van der Waals surface area (Å²) in [7, 11) is 0. The molecule has 0 spiro atoms. The summed E-state index contributed by atoms with van der Waals surface area (Å²) in [5.41, 5.74) is 5.70. The van der Waals surface area contributed by atoms with Gasteiger partial charge >= 0.3 is 0 Å². The van der Waals surface area contributed by atoms with Gasteiger partial charge in [0.25, 0.3) is 11.8 Å². The molecule has 5 nitrogen and oxygen atoms in total. The Morgan fingerprint density at radius 1 is 0.923 bits per heavy atom. The fraction of sp³-hybridized carbons (Fsp3) is 0.300. The van der Waals surface area contributed by atoms with Gasteiger partial charge in [0, 0.05) is 11.1 Å². The number of hydrogen-bond acceptors (Lipinski definition) is 3. The molecule has 0 saturated heterocycles. The van der Waals surface area contributed by atoms with E-state index >= 15 is 0 Å². The lowest BCUT2D eigenvalue weighted by Gasteiger charge is -2.11. The maximum atomic E-state index is 12.2. The van der Waals surface area contributed by atoms with Gasteiger partial charge in [0.05, 0.1) is 11.1 Å². The van der Waals surface area contributed by atoms with E-state index in [9.17, 15) is 9.59 Å². The van der Waals surface area contributed by atoms with Crippen molar-refractivity contribution in [1.29, 1.82) is 0 Å². The van der Waals surface area contributed by atoms with Crippen LogP contribution in [0.2, 0.25) is 0 Å². The summed E-state index contributed by atoms with van der Waals surface area (Å²) in [6.07, 6.45) is 4.55. The maximum absolute atomic E-state index is 12.2. The SMILES string of the molecule is CCCCCCOc1ccc(C(=O)NNC(=O)c2ccccc2)cc1Br. The molecule has 138 valence electrons. The van der Waals surface area contributed by atoms with Gasteiger partial charge in [-0.05, 0) is 52.7 Å². The van der Waals surface area contributed by atoms with E-state index in [1.54, 1.807) is 42.5 Å². The topological polar surface area (TPSA) is 67.4 Å². The van der Waals surface area contributed by atoms with Crippen LogP contribution in [0.25, 0.3) is 0 Å². The second-order valence-electron chi connectivity index (χ2n) is 5.83. The fourth-order valence-electron chi connectivity index (χ4n) is 2.32. The Kier molecular flexibility index (Phi) is 8.15. The minimum atomic E-state index is -0.399. The average Bonchev–Trinajstić information content (AvgIpc) is 2.67. The highest BCUT2D eigenvalue weighted by Crippen LogP contribution is 2.26. The van der Waals surface area contributed by atoms with Crippen LogP contribution in [0.5, 0.6) is 5.75 Å². The van der Waals surface area contributed by atoms with Crippen LogP contribution in [0.3, 0.4) is 0 Å². The molecule has 0 heterocycles. The Morgan fingerprint density at radius 2 is 1.62 bits per heavy atom. The largest absolute Gasteiger partial charge is 0.492 e. The van der Waals surface area contributed by atoms with E-state index in [-0.39, 0.29) is 5.91 Å². The summed E-state index contributed by atoms with van der Waals surface area (Å²) in [6, 6.07) is 13.8. The first-order chi connectivity index (χ1) is 12.6. The van der Waals surface area contributed by atoms with E-state index in [1.807, 2.05) is 6.07 Å². The van der Waals surface area contributed by atoms with Crippen molar-refractivity contribution in [1.82, 2.24) is 10.9 Å². The summed E-state index contributed by atoms with van der Waals surface area (Å²) in [5, 5.41) is 0. The van der Waals surface area contributed by atoms with Crippen LogP contribution >= 0.6 is 15.9 Å². The van der Waals surface area contributed by atoms with Gasteiger partial charge in [-0.2, -0.15) is 0 Å². The van der Waals surface area contributed by atoms with Gasteiger partial charge in [0.2, 0.25) is 0 Å². The lowest BCUT2D eigenvalue weighted by molar-refractivity contribution is 0.0846. The van der Waals surface area contributed by atoms with Crippen molar-refractivity contribution in [2.75, 3.05) is 6.61 Å². The van der Waals surface area contributed by atoms with E-state index in [0.29, 0.717) is 28.0 Å². The van der Waals surface area contributed by atoms with Gasteiger partial charge < -0.3 is 4.74 Å². The normalized spacial score (nSPS) is 10.2. The third-order valence-electron chi connectivity index (χ3n) is 3.78. The molecule has 0 aliphatic rings. The number of carbonyl (C=O) groups excluding carboxylic acids is 2. The van der Waals surface area contributed by atoms with Crippen LogP contribution in [0.1, 0.15) is 53.3 Å². The van der Waals surface area contributed by atoms with Gasteiger partial charge in [-0.15, -0.1) is 0 Å². The quantitative estimate of drug-likeness (QED) is 0.490. The lowest BCUT2D eigenvalue weighted by Crippen LogP contribution is -2.41. The molecule has 0 aliphatic heterocycles. The minimum absolute atomic E-state index is 0.370. The first-order valence-electron chi connectivity index (χ1n) is 8.70. The molecule has 2 rings (SSSR count). The highest BCUT2D eigenvalue weighted by atomic mass is 79.9. The molecule has 0 aromatic heterocycles. The van der Waals surface area contributed by atoms with Crippen LogP contribution in [-0.2, 0) is 0 Å². The molecule has 0 aliphatic carbocycles. The van der Waals surface area contributed by atoms with Crippen molar-refractivity contribution in [3.63, 3.8) is 0 Å². The third kappa shape index (κ3) is 6.19. The van der Waals surface area contributed by atoms with Crippen molar-refractivity contribution in [3.8, 4) is 5.75 Å². The van der Waals surface area contributed by atoms with Gasteiger partial charge in [-0.1, -0.05) is 44.4 Å². The molecule has 0 radical (unpaired) electrons. The minimum Gasteiger partial charge on any atom is -0.492 e. The summed E-state index contributed by atoms with van der Waals surface area (Å²) in [5.74, 6) is -0.0686. The molecular weight excluding hydrogens is 396 g/mol. The summed E-state index contributed by atoms with van der Waals surface area (Å²) in [4.78, 5) is 24.1. The average molecular weight is 419 g/mol. The van der Waals surface area contributed by atoms with E-state index in [0.717, 1.165) is 12.8 Å². The predicted octanol–water partition coefficient (Wildman–Crippen LogP) is 4.48. The highest BCUT2D eigenvalue weighted by molar-refractivity contribution is 9.10. The summed E-state index contributed by atoms with van der Waals surface area (Å²) >= 11 is 3.42. The zero-order chi connectivity index (χ0) is 18.8. The standard InChI is InChI=1S/C20H23BrN2O3/c1-2-3-4-8-13-26-18-12-11-16(14-17(18)21)20(25)23-22-19(24)15-9-6-5-7-10-15/h5-7,9-12,14H,2-4,8,13H2,1H3,(H,22,24)(H,23,25). The zero-order valence-electron chi connectivity index (χ0n) is 14.8. The van der Waals surface area contributed by atoms with Gasteiger partial charge in [-0.3, -0.25) is 20.4 Å². The smallest absolute Gasteiger partial charge is 0.269 e. The van der Waals surface area contributed by atoms with Crippen molar-refractivity contribution >= 4 is 27.7 Å². The number of rotatable bonds is 8. The second-order valence-corrected chi connectivity index (χ2v) is 6.68. The number of halogens is 1. The molecule has 0 fully saturated rings. The molecule has 0 saturated carbocycles. The van der Waals surface area contributed by atoms with Crippen LogP contribution in [-0.4, -0.2) is 18.4 Å². The number of unbranched alkanes of at least 4 members (excludes halogenated alkanes) is 3. The monoisotopic (exact) mass is 418 g/mol. The molecule has 2 aromatic carbocycles. The number of amides is 2. The second kappa shape index (κ2) is 10.6. The van der Waals surface area contributed by atoms with Crippen LogP contribution in [0, 0.1) is 0 Å². The third-order valence-corrected chi connectivity index (χ3v) is 4.39. The number of carbonyl (C=O) groups is 2. The summed E-state index contributed by atoms with van der Waals surface area (Å²) < 4.78 is 6.43. The number of hydrazine groups is 1. The Labute approximate surface area is 162 Å². The maximum Gasteiger partial charge on any atom is 0.269 e. The zero-order valence-corrected chi connectivity index (χ0v) is 16.3. The van der Waals surface area contributed by atoms with Gasteiger partial charge in [0.15, 0.2) is 0 Å². The number of benzene rings is 2. The van der Waals surface area contributed by atoms with Gasteiger partial charge in [0.1, 0.15) is 5.75 Å². The molecular formula is C20H23BrN2O3. The number of nitrogens with one attached hydrogen (secondary N) is 2. The molecule has 0 bridgehead atoms. The lowest BCUT2D eigenvalue weighted by atomic mass is 10.2. The molecule has 0 atom stereocenters. The van der Waals surface area contributed by atoms with E-state index in [2.05, 4.69) is 33.7 Å². The van der Waals surface area contributed by atoms with Crippen LogP contribution in [0.4, 0.5) is 0 Å². The molecule has 0 unspecified atom stereocenters. The number of hydrogen-bond donors (Lipinski definition) is 2. The molecule has 2 aromatic rings. The Hall–Kier alpha value is -2.34. The Morgan fingerprint density at radius 3 is 2.27 bits per heavy atom.